The van der Waals surface area contributed by atoms with Crippen molar-refractivity contribution in [2.24, 2.45) is 0 Å². The van der Waals surface area contributed by atoms with Crippen molar-refractivity contribution in [1.82, 2.24) is 0 Å². The summed E-state index contributed by atoms with van der Waals surface area (Å²) in [6.45, 7) is 0.770. The first-order valence-corrected chi connectivity index (χ1v) is 7.73. The lowest BCUT2D eigenvalue weighted by Gasteiger charge is -2.17. The van der Waals surface area contributed by atoms with Crippen LogP contribution < -0.4 is 4.90 Å². The van der Waals surface area contributed by atoms with Gasteiger partial charge in [-0.3, -0.25) is 4.79 Å². The zero-order chi connectivity index (χ0) is 14.8. The molecule has 0 unspecified atom stereocenters. The lowest BCUT2D eigenvalue weighted by atomic mass is 10.1. The van der Waals surface area contributed by atoms with Crippen LogP contribution in [0.2, 0.25) is 10.0 Å². The largest absolute Gasteiger partial charge is 0.312 e. The van der Waals surface area contributed by atoms with Crippen molar-refractivity contribution in [2.45, 2.75) is 19.3 Å². The van der Waals surface area contributed by atoms with Crippen LogP contribution in [-0.4, -0.2) is 12.5 Å². The van der Waals surface area contributed by atoms with Crippen LogP contribution in [-0.2, 0) is 17.6 Å². The molecule has 108 valence electrons. The van der Waals surface area contributed by atoms with Gasteiger partial charge < -0.3 is 4.90 Å². The van der Waals surface area contributed by atoms with E-state index in [0.29, 0.717) is 22.9 Å². The molecule has 0 saturated carbocycles. The van der Waals surface area contributed by atoms with Gasteiger partial charge in [0.05, 0.1) is 0 Å². The van der Waals surface area contributed by atoms with Crippen LogP contribution in [0.3, 0.4) is 0 Å². The topological polar surface area (TPSA) is 20.3 Å². The van der Waals surface area contributed by atoms with Crippen molar-refractivity contribution in [3.05, 3.63) is 63.6 Å². The van der Waals surface area contributed by atoms with Crippen molar-refractivity contribution < 1.29 is 4.79 Å². The van der Waals surface area contributed by atoms with Crippen molar-refractivity contribution in [2.75, 3.05) is 11.4 Å². The van der Waals surface area contributed by atoms with Crippen LogP contribution >= 0.6 is 23.2 Å². The summed E-state index contributed by atoms with van der Waals surface area (Å²) in [6, 6.07) is 13.5. The molecule has 0 aliphatic carbocycles. The van der Waals surface area contributed by atoms with E-state index in [-0.39, 0.29) is 5.91 Å². The molecule has 0 aromatic heterocycles. The Balaban J connectivity index is 1.68. The van der Waals surface area contributed by atoms with Gasteiger partial charge in [-0.05, 0) is 42.2 Å². The second kappa shape index (κ2) is 6.08. The maximum Gasteiger partial charge on any atom is 0.227 e. The van der Waals surface area contributed by atoms with E-state index in [1.807, 2.05) is 29.2 Å². The van der Waals surface area contributed by atoms with Crippen LogP contribution in [0.15, 0.2) is 42.5 Å². The highest BCUT2D eigenvalue weighted by Crippen LogP contribution is 2.28. The molecule has 0 spiro atoms. The molecular weight excluding hydrogens is 305 g/mol. The van der Waals surface area contributed by atoms with Gasteiger partial charge in [-0.25, -0.2) is 0 Å². The number of para-hydroxylation sites is 1. The minimum Gasteiger partial charge on any atom is -0.312 e. The molecular formula is C17H15Cl2NO. The van der Waals surface area contributed by atoms with Gasteiger partial charge in [0.15, 0.2) is 0 Å². The standard InChI is InChI=1S/C17H15Cl2NO/c18-14-7-5-12(15(19)11-14)6-8-17(21)20-10-9-13-3-1-2-4-16(13)20/h1-5,7,11H,6,8-10H2. The molecule has 4 heteroatoms. The highest BCUT2D eigenvalue weighted by molar-refractivity contribution is 6.35. The molecule has 1 aliphatic rings. The number of halogens is 2. The Morgan fingerprint density at radius 1 is 1.14 bits per heavy atom. The molecule has 0 N–H and O–H groups in total. The van der Waals surface area contributed by atoms with E-state index in [4.69, 9.17) is 23.2 Å². The van der Waals surface area contributed by atoms with Crippen LogP contribution in [0.4, 0.5) is 5.69 Å². The SMILES string of the molecule is O=C(CCc1ccc(Cl)cc1Cl)N1CCc2ccccc21. The minimum atomic E-state index is 0.144. The monoisotopic (exact) mass is 319 g/mol. The summed E-state index contributed by atoms with van der Waals surface area (Å²) >= 11 is 12.0. The highest BCUT2D eigenvalue weighted by atomic mass is 35.5. The summed E-state index contributed by atoms with van der Waals surface area (Å²) in [6.07, 6.45) is 2.02. The van der Waals surface area contributed by atoms with E-state index in [1.165, 1.54) is 5.56 Å². The van der Waals surface area contributed by atoms with E-state index in [9.17, 15) is 4.79 Å². The van der Waals surface area contributed by atoms with Gasteiger partial charge in [-0.1, -0.05) is 47.5 Å². The summed E-state index contributed by atoms with van der Waals surface area (Å²) < 4.78 is 0. The Labute approximate surface area is 134 Å². The first-order chi connectivity index (χ1) is 10.1. The van der Waals surface area contributed by atoms with E-state index >= 15 is 0 Å². The number of carbonyl (C=O) groups excluding carboxylic acids is 1. The summed E-state index contributed by atoms with van der Waals surface area (Å²) in [4.78, 5) is 14.3. The van der Waals surface area contributed by atoms with Gasteiger partial charge in [-0.15, -0.1) is 0 Å². The molecule has 0 bridgehead atoms. The maximum absolute atomic E-state index is 12.4. The van der Waals surface area contributed by atoms with Gasteiger partial charge in [0.25, 0.3) is 0 Å². The summed E-state index contributed by atoms with van der Waals surface area (Å²) in [5.74, 6) is 0.144. The molecule has 0 atom stereocenters. The number of rotatable bonds is 3. The quantitative estimate of drug-likeness (QED) is 0.814. The van der Waals surface area contributed by atoms with Gasteiger partial charge >= 0.3 is 0 Å². The molecule has 0 saturated heterocycles. The smallest absolute Gasteiger partial charge is 0.227 e. The fraction of sp³-hybridized carbons (Fsp3) is 0.235. The molecule has 2 nitrogen and oxygen atoms in total. The second-order valence-corrected chi connectivity index (χ2v) is 6.00. The van der Waals surface area contributed by atoms with Gasteiger partial charge in [-0.2, -0.15) is 0 Å². The second-order valence-electron chi connectivity index (χ2n) is 5.16. The number of hydrogen-bond acceptors (Lipinski definition) is 1. The third-order valence-corrected chi connectivity index (χ3v) is 4.40. The predicted octanol–water partition coefficient (Wildman–Crippen LogP) is 4.52. The summed E-state index contributed by atoms with van der Waals surface area (Å²) in [5.41, 5.74) is 3.25. The number of amides is 1. The molecule has 1 amide bonds. The van der Waals surface area contributed by atoms with Gasteiger partial charge in [0.1, 0.15) is 0 Å². The third kappa shape index (κ3) is 3.07. The van der Waals surface area contributed by atoms with E-state index in [2.05, 4.69) is 6.07 Å². The molecule has 2 aromatic rings. The van der Waals surface area contributed by atoms with Crippen LogP contribution in [0, 0.1) is 0 Å². The average molecular weight is 320 g/mol. The molecule has 0 fully saturated rings. The molecule has 1 aliphatic heterocycles. The number of hydrogen-bond donors (Lipinski definition) is 0. The molecule has 21 heavy (non-hydrogen) atoms. The first kappa shape index (κ1) is 14.4. The number of nitrogens with zero attached hydrogens (tertiary/aromatic N) is 1. The zero-order valence-corrected chi connectivity index (χ0v) is 13.0. The Hall–Kier alpha value is -1.51. The number of anilines is 1. The fourth-order valence-corrected chi connectivity index (χ4v) is 3.20. The van der Waals surface area contributed by atoms with Crippen molar-refractivity contribution in [3.63, 3.8) is 0 Å². The average Bonchev–Trinajstić information content (AvgIpc) is 2.90. The van der Waals surface area contributed by atoms with Crippen LogP contribution in [0.25, 0.3) is 0 Å². The van der Waals surface area contributed by atoms with Crippen molar-refractivity contribution in [1.29, 1.82) is 0 Å². The van der Waals surface area contributed by atoms with Crippen LogP contribution in [0.1, 0.15) is 17.5 Å². The molecule has 1 heterocycles. The number of fused-ring (bicyclic) bond motifs is 1. The molecule has 0 radical (unpaired) electrons. The highest BCUT2D eigenvalue weighted by Gasteiger charge is 2.23. The van der Waals surface area contributed by atoms with Crippen molar-refractivity contribution in [3.8, 4) is 0 Å². The predicted molar refractivity (Wildman–Crippen MR) is 87.3 cm³/mol. The van der Waals surface area contributed by atoms with E-state index < -0.39 is 0 Å². The Morgan fingerprint density at radius 3 is 2.76 bits per heavy atom. The Kier molecular flexibility index (Phi) is 4.18. The summed E-state index contributed by atoms with van der Waals surface area (Å²) in [7, 11) is 0. The van der Waals surface area contributed by atoms with E-state index in [0.717, 1.165) is 24.2 Å². The van der Waals surface area contributed by atoms with Crippen LogP contribution in [0.5, 0.6) is 0 Å². The van der Waals surface area contributed by atoms with Gasteiger partial charge in [0.2, 0.25) is 5.91 Å². The minimum absolute atomic E-state index is 0.144. The zero-order valence-electron chi connectivity index (χ0n) is 11.5. The Bertz CT molecular complexity index is 684. The lowest BCUT2D eigenvalue weighted by molar-refractivity contribution is -0.118. The van der Waals surface area contributed by atoms with E-state index in [1.54, 1.807) is 12.1 Å². The fourth-order valence-electron chi connectivity index (χ4n) is 2.70. The molecule has 2 aromatic carbocycles. The lowest BCUT2D eigenvalue weighted by Crippen LogP contribution is -2.29. The summed E-state index contributed by atoms with van der Waals surface area (Å²) in [5, 5.41) is 1.24. The number of aryl methyl sites for hydroxylation is 1. The molecule has 3 rings (SSSR count). The third-order valence-electron chi connectivity index (χ3n) is 3.81. The number of carbonyl (C=O) groups is 1. The van der Waals surface area contributed by atoms with Crippen molar-refractivity contribution >= 4 is 34.8 Å². The van der Waals surface area contributed by atoms with Gasteiger partial charge in [0, 0.05) is 28.7 Å². The maximum atomic E-state index is 12.4. The Morgan fingerprint density at radius 2 is 1.95 bits per heavy atom. The first-order valence-electron chi connectivity index (χ1n) is 6.97. The normalized spacial score (nSPS) is 13.3. The number of benzene rings is 2.